The second kappa shape index (κ2) is 6.97. The first-order valence-corrected chi connectivity index (χ1v) is 8.58. The topological polar surface area (TPSA) is 59.1 Å². The van der Waals surface area contributed by atoms with Crippen LogP contribution in [-0.2, 0) is 9.47 Å². The van der Waals surface area contributed by atoms with Gasteiger partial charge < -0.3 is 19.3 Å². The maximum absolute atomic E-state index is 12.2. The number of hydrogen-bond donors (Lipinski definition) is 0. The number of hydrogen-bond acceptors (Lipinski definition) is 4. The van der Waals surface area contributed by atoms with Crippen LogP contribution < -0.4 is 0 Å². The van der Waals surface area contributed by atoms with Gasteiger partial charge in [-0.1, -0.05) is 19.8 Å². The molecule has 1 heterocycles. The lowest BCUT2D eigenvalue weighted by Crippen LogP contribution is -2.52. The SMILES string of the molecule is CC1(COC(=O)N2CCN(C(=O)OC(C)(C)C)CC2)CCCC1. The van der Waals surface area contributed by atoms with Crippen LogP contribution in [0.3, 0.4) is 0 Å². The number of carbonyl (C=O) groups excluding carboxylic acids is 2. The predicted octanol–water partition coefficient (Wildman–Crippen LogP) is 3.26. The number of ether oxygens (including phenoxy) is 2. The second-order valence-corrected chi connectivity index (χ2v) is 8.03. The average Bonchev–Trinajstić information content (AvgIpc) is 2.90. The first-order chi connectivity index (χ1) is 10.7. The first-order valence-electron chi connectivity index (χ1n) is 8.58. The zero-order valence-corrected chi connectivity index (χ0v) is 14.9. The summed E-state index contributed by atoms with van der Waals surface area (Å²) in [5.74, 6) is 0. The molecular formula is C17H30N2O4. The molecule has 0 atom stereocenters. The molecule has 6 heteroatoms. The minimum absolute atomic E-state index is 0.147. The van der Waals surface area contributed by atoms with E-state index in [4.69, 9.17) is 9.47 Å². The van der Waals surface area contributed by atoms with Gasteiger partial charge in [0.05, 0.1) is 6.61 Å². The number of carbonyl (C=O) groups is 2. The molecule has 0 radical (unpaired) electrons. The number of nitrogens with zero attached hydrogens (tertiary/aromatic N) is 2. The summed E-state index contributed by atoms with van der Waals surface area (Å²) in [4.78, 5) is 27.5. The molecule has 2 aliphatic rings. The van der Waals surface area contributed by atoms with Crippen molar-refractivity contribution in [3.05, 3.63) is 0 Å². The van der Waals surface area contributed by atoms with Gasteiger partial charge in [-0.25, -0.2) is 9.59 Å². The molecule has 0 N–H and O–H groups in total. The number of rotatable bonds is 2. The summed E-state index contributed by atoms with van der Waals surface area (Å²) in [5.41, 5.74) is -0.349. The third-order valence-corrected chi connectivity index (χ3v) is 4.54. The molecule has 1 aliphatic heterocycles. The van der Waals surface area contributed by atoms with E-state index in [1.807, 2.05) is 20.8 Å². The molecule has 0 spiro atoms. The Labute approximate surface area is 139 Å². The van der Waals surface area contributed by atoms with Crippen LogP contribution in [0.5, 0.6) is 0 Å². The molecule has 132 valence electrons. The molecule has 0 unspecified atom stereocenters. The Morgan fingerprint density at radius 2 is 1.43 bits per heavy atom. The van der Waals surface area contributed by atoms with Crippen LogP contribution in [0.1, 0.15) is 53.4 Å². The molecule has 6 nitrogen and oxygen atoms in total. The molecular weight excluding hydrogens is 296 g/mol. The fourth-order valence-corrected chi connectivity index (χ4v) is 3.10. The van der Waals surface area contributed by atoms with Crippen LogP contribution in [0.25, 0.3) is 0 Å². The van der Waals surface area contributed by atoms with Crippen molar-refractivity contribution in [2.24, 2.45) is 5.41 Å². The van der Waals surface area contributed by atoms with E-state index >= 15 is 0 Å². The molecule has 0 aromatic heterocycles. The van der Waals surface area contributed by atoms with E-state index in [0.29, 0.717) is 32.8 Å². The van der Waals surface area contributed by atoms with E-state index < -0.39 is 5.60 Å². The Morgan fingerprint density at radius 3 is 1.91 bits per heavy atom. The maximum atomic E-state index is 12.2. The fraction of sp³-hybridized carbons (Fsp3) is 0.882. The van der Waals surface area contributed by atoms with E-state index in [1.165, 1.54) is 12.8 Å². The van der Waals surface area contributed by atoms with Crippen LogP contribution >= 0.6 is 0 Å². The smallest absolute Gasteiger partial charge is 0.410 e. The van der Waals surface area contributed by atoms with Crippen LogP contribution in [0.2, 0.25) is 0 Å². The summed E-state index contributed by atoms with van der Waals surface area (Å²) >= 11 is 0. The second-order valence-electron chi connectivity index (χ2n) is 8.03. The lowest BCUT2D eigenvalue weighted by atomic mass is 9.90. The van der Waals surface area contributed by atoms with Gasteiger partial charge in [-0.05, 0) is 33.6 Å². The third-order valence-electron chi connectivity index (χ3n) is 4.54. The zero-order valence-electron chi connectivity index (χ0n) is 14.9. The Hall–Kier alpha value is -1.46. The fourth-order valence-electron chi connectivity index (χ4n) is 3.10. The number of amides is 2. The zero-order chi connectivity index (χ0) is 17.1. The van der Waals surface area contributed by atoms with Crippen molar-refractivity contribution in [3.63, 3.8) is 0 Å². The third kappa shape index (κ3) is 5.29. The van der Waals surface area contributed by atoms with E-state index in [2.05, 4.69) is 6.92 Å². The highest BCUT2D eigenvalue weighted by Crippen LogP contribution is 2.37. The monoisotopic (exact) mass is 326 g/mol. The van der Waals surface area contributed by atoms with E-state index in [-0.39, 0.29) is 17.6 Å². The highest BCUT2D eigenvalue weighted by atomic mass is 16.6. The van der Waals surface area contributed by atoms with Gasteiger partial charge in [0.15, 0.2) is 0 Å². The Balaban J connectivity index is 1.73. The van der Waals surface area contributed by atoms with Gasteiger partial charge in [0, 0.05) is 31.6 Å². The lowest BCUT2D eigenvalue weighted by Gasteiger charge is -2.35. The van der Waals surface area contributed by atoms with E-state index in [0.717, 1.165) is 12.8 Å². The molecule has 2 amide bonds. The normalized spacial score (nSPS) is 21.2. The van der Waals surface area contributed by atoms with Gasteiger partial charge in [-0.3, -0.25) is 0 Å². The van der Waals surface area contributed by atoms with Crippen molar-refractivity contribution in [3.8, 4) is 0 Å². The largest absolute Gasteiger partial charge is 0.449 e. The average molecular weight is 326 g/mol. The maximum Gasteiger partial charge on any atom is 0.410 e. The summed E-state index contributed by atoms with van der Waals surface area (Å²) < 4.78 is 10.9. The molecule has 0 bridgehead atoms. The molecule has 1 aliphatic carbocycles. The van der Waals surface area contributed by atoms with Gasteiger partial charge in [0.2, 0.25) is 0 Å². The van der Waals surface area contributed by atoms with Crippen molar-refractivity contribution in [2.45, 2.75) is 59.0 Å². The Morgan fingerprint density at radius 1 is 0.957 bits per heavy atom. The minimum atomic E-state index is -0.496. The number of piperazine rings is 1. The van der Waals surface area contributed by atoms with Crippen LogP contribution in [0.15, 0.2) is 0 Å². The van der Waals surface area contributed by atoms with Gasteiger partial charge in [0.25, 0.3) is 0 Å². The predicted molar refractivity (Wildman–Crippen MR) is 87.3 cm³/mol. The molecule has 23 heavy (non-hydrogen) atoms. The summed E-state index contributed by atoms with van der Waals surface area (Å²) in [7, 11) is 0. The molecule has 2 rings (SSSR count). The lowest BCUT2D eigenvalue weighted by molar-refractivity contribution is 0.0101. The molecule has 0 aromatic carbocycles. The van der Waals surface area contributed by atoms with Crippen molar-refractivity contribution < 1.29 is 19.1 Å². The molecule has 1 saturated heterocycles. The van der Waals surface area contributed by atoms with Crippen LogP contribution in [0.4, 0.5) is 9.59 Å². The molecule has 0 aromatic rings. The standard InChI is InChI=1S/C17H30N2O4/c1-16(2,3)23-15(21)19-11-9-18(10-12-19)14(20)22-13-17(4)7-5-6-8-17/h5-13H2,1-4H3. The van der Waals surface area contributed by atoms with Crippen LogP contribution in [-0.4, -0.2) is 60.4 Å². The van der Waals surface area contributed by atoms with Gasteiger partial charge in [-0.15, -0.1) is 0 Å². The van der Waals surface area contributed by atoms with E-state index in [1.54, 1.807) is 9.80 Å². The van der Waals surface area contributed by atoms with Crippen molar-refractivity contribution in [2.75, 3.05) is 32.8 Å². The van der Waals surface area contributed by atoms with Gasteiger partial charge in [-0.2, -0.15) is 0 Å². The van der Waals surface area contributed by atoms with Crippen molar-refractivity contribution in [1.29, 1.82) is 0 Å². The highest BCUT2D eigenvalue weighted by Gasteiger charge is 2.32. The molecule has 1 saturated carbocycles. The van der Waals surface area contributed by atoms with Gasteiger partial charge >= 0.3 is 12.2 Å². The van der Waals surface area contributed by atoms with Crippen LogP contribution in [0, 0.1) is 5.41 Å². The Kier molecular flexibility index (Phi) is 5.42. The van der Waals surface area contributed by atoms with E-state index in [9.17, 15) is 9.59 Å². The summed E-state index contributed by atoms with van der Waals surface area (Å²) in [6.45, 7) is 10.2. The summed E-state index contributed by atoms with van der Waals surface area (Å²) in [5, 5.41) is 0. The summed E-state index contributed by atoms with van der Waals surface area (Å²) in [6.07, 6.45) is 4.14. The van der Waals surface area contributed by atoms with Crippen molar-refractivity contribution in [1.82, 2.24) is 9.80 Å². The van der Waals surface area contributed by atoms with Gasteiger partial charge in [0.1, 0.15) is 5.60 Å². The quantitative estimate of drug-likeness (QED) is 0.781. The summed E-state index contributed by atoms with van der Waals surface area (Å²) in [6, 6.07) is 0. The highest BCUT2D eigenvalue weighted by molar-refractivity contribution is 5.70. The first kappa shape index (κ1) is 17.9. The molecule has 2 fully saturated rings. The minimum Gasteiger partial charge on any atom is -0.449 e. The Bertz CT molecular complexity index is 430. The van der Waals surface area contributed by atoms with Crippen molar-refractivity contribution >= 4 is 12.2 Å².